The van der Waals surface area contributed by atoms with Crippen LogP contribution in [0.1, 0.15) is 23.0 Å². The number of H-pyrrole nitrogens is 1. The molecule has 4 nitrogen and oxygen atoms in total. The third-order valence-electron chi connectivity index (χ3n) is 2.61. The van der Waals surface area contributed by atoms with Crippen LogP contribution in [0.3, 0.4) is 0 Å². The van der Waals surface area contributed by atoms with Crippen molar-refractivity contribution in [3.8, 4) is 11.3 Å². The minimum Gasteiger partial charge on any atom is -0.461 e. The molecule has 94 valence electrons. The summed E-state index contributed by atoms with van der Waals surface area (Å²) in [5.74, 6) is -0.411. The van der Waals surface area contributed by atoms with Crippen molar-refractivity contribution in [2.75, 3.05) is 6.61 Å². The van der Waals surface area contributed by atoms with Crippen LogP contribution in [0.2, 0.25) is 5.02 Å². The summed E-state index contributed by atoms with van der Waals surface area (Å²) in [5.41, 5.74) is 2.83. The molecular weight excluding hydrogens is 252 g/mol. The van der Waals surface area contributed by atoms with Gasteiger partial charge in [-0.2, -0.15) is 5.10 Å². The summed E-state index contributed by atoms with van der Waals surface area (Å²) in [4.78, 5) is 11.6. The maximum absolute atomic E-state index is 11.6. The second kappa shape index (κ2) is 5.23. The fourth-order valence-electron chi connectivity index (χ4n) is 1.69. The molecule has 0 fully saturated rings. The van der Waals surface area contributed by atoms with Crippen LogP contribution >= 0.6 is 11.6 Å². The zero-order chi connectivity index (χ0) is 13.1. The van der Waals surface area contributed by atoms with Gasteiger partial charge in [-0.05, 0) is 31.5 Å². The van der Waals surface area contributed by atoms with Crippen LogP contribution in [-0.2, 0) is 4.74 Å². The zero-order valence-corrected chi connectivity index (χ0v) is 10.9. The number of rotatable bonds is 3. The first-order valence-electron chi connectivity index (χ1n) is 5.61. The fourth-order valence-corrected chi connectivity index (χ4v) is 1.82. The number of esters is 1. The molecule has 2 rings (SSSR count). The van der Waals surface area contributed by atoms with E-state index in [1.165, 1.54) is 0 Å². The third-order valence-corrected chi connectivity index (χ3v) is 2.86. The van der Waals surface area contributed by atoms with E-state index in [0.29, 0.717) is 17.3 Å². The summed E-state index contributed by atoms with van der Waals surface area (Å²) < 4.78 is 4.93. The third kappa shape index (κ3) is 2.38. The van der Waals surface area contributed by atoms with Crippen molar-refractivity contribution < 1.29 is 9.53 Å². The Morgan fingerprint density at radius 3 is 2.67 bits per heavy atom. The lowest BCUT2D eigenvalue weighted by molar-refractivity contribution is 0.0518. The smallest absolute Gasteiger partial charge is 0.359 e. The van der Waals surface area contributed by atoms with Gasteiger partial charge in [0.2, 0.25) is 0 Å². The van der Waals surface area contributed by atoms with Gasteiger partial charge < -0.3 is 4.74 Å². The first kappa shape index (κ1) is 12.6. The Bertz CT molecular complexity index is 561. The van der Waals surface area contributed by atoms with Crippen molar-refractivity contribution in [1.29, 1.82) is 0 Å². The largest absolute Gasteiger partial charge is 0.461 e. The molecule has 0 unspecified atom stereocenters. The number of carbonyl (C=O) groups is 1. The molecule has 1 aromatic heterocycles. The van der Waals surface area contributed by atoms with E-state index in [4.69, 9.17) is 16.3 Å². The first-order chi connectivity index (χ1) is 8.63. The molecule has 0 saturated carbocycles. The average Bonchev–Trinajstić information content (AvgIpc) is 2.73. The molecule has 0 radical (unpaired) electrons. The SMILES string of the molecule is CCOC(=O)c1n[nH]c(-c2ccc(Cl)cc2)c1C. The van der Waals surface area contributed by atoms with Crippen molar-refractivity contribution in [3.63, 3.8) is 0 Å². The molecule has 0 amide bonds. The average molecular weight is 265 g/mol. The van der Waals surface area contributed by atoms with E-state index in [1.807, 2.05) is 19.1 Å². The molecule has 1 N–H and O–H groups in total. The van der Waals surface area contributed by atoms with E-state index < -0.39 is 5.97 Å². The molecule has 18 heavy (non-hydrogen) atoms. The van der Waals surface area contributed by atoms with Gasteiger partial charge in [0, 0.05) is 10.6 Å². The topological polar surface area (TPSA) is 55.0 Å². The Balaban J connectivity index is 2.36. The number of hydrogen-bond acceptors (Lipinski definition) is 3. The van der Waals surface area contributed by atoms with E-state index >= 15 is 0 Å². The maximum atomic E-state index is 11.6. The minimum atomic E-state index is -0.411. The van der Waals surface area contributed by atoms with E-state index in [1.54, 1.807) is 19.1 Å². The molecular formula is C13H13ClN2O2. The lowest BCUT2D eigenvalue weighted by atomic mass is 10.1. The molecule has 0 aliphatic heterocycles. The number of nitrogens with one attached hydrogen (secondary N) is 1. The Morgan fingerprint density at radius 1 is 1.39 bits per heavy atom. The number of ether oxygens (including phenoxy) is 1. The van der Waals surface area contributed by atoms with Gasteiger partial charge in [-0.3, -0.25) is 5.10 Å². The molecule has 0 atom stereocenters. The van der Waals surface area contributed by atoms with Crippen LogP contribution < -0.4 is 0 Å². The predicted octanol–water partition coefficient (Wildman–Crippen LogP) is 3.22. The van der Waals surface area contributed by atoms with Crippen molar-refractivity contribution >= 4 is 17.6 Å². The van der Waals surface area contributed by atoms with Gasteiger partial charge in [-0.15, -0.1) is 0 Å². The molecule has 0 bridgehead atoms. The second-order valence-electron chi connectivity index (χ2n) is 3.80. The number of carbonyl (C=O) groups excluding carboxylic acids is 1. The molecule has 0 spiro atoms. The van der Waals surface area contributed by atoms with Crippen LogP contribution in [0.15, 0.2) is 24.3 Å². The summed E-state index contributed by atoms with van der Waals surface area (Å²) in [6, 6.07) is 7.33. The van der Waals surface area contributed by atoms with Crippen molar-refractivity contribution in [3.05, 3.63) is 40.5 Å². The maximum Gasteiger partial charge on any atom is 0.359 e. The number of hydrogen-bond donors (Lipinski definition) is 1. The van der Waals surface area contributed by atoms with Gasteiger partial charge in [0.15, 0.2) is 5.69 Å². The fraction of sp³-hybridized carbons (Fsp3) is 0.231. The van der Waals surface area contributed by atoms with Crippen LogP contribution in [0.5, 0.6) is 0 Å². The van der Waals surface area contributed by atoms with E-state index in [-0.39, 0.29) is 0 Å². The van der Waals surface area contributed by atoms with Gasteiger partial charge >= 0.3 is 5.97 Å². The second-order valence-corrected chi connectivity index (χ2v) is 4.24. The summed E-state index contributed by atoms with van der Waals surface area (Å²) in [6.07, 6.45) is 0. The molecule has 0 aliphatic carbocycles. The van der Waals surface area contributed by atoms with E-state index in [0.717, 1.165) is 16.8 Å². The summed E-state index contributed by atoms with van der Waals surface area (Å²) in [7, 11) is 0. The predicted molar refractivity (Wildman–Crippen MR) is 69.7 cm³/mol. The van der Waals surface area contributed by atoms with Gasteiger partial charge in [-0.1, -0.05) is 23.7 Å². The van der Waals surface area contributed by atoms with Crippen molar-refractivity contribution in [2.45, 2.75) is 13.8 Å². The highest BCUT2D eigenvalue weighted by molar-refractivity contribution is 6.30. The quantitative estimate of drug-likeness (QED) is 0.866. The standard InChI is InChI=1S/C13H13ClN2O2/c1-3-18-13(17)12-8(2)11(15-16-12)9-4-6-10(14)7-5-9/h4-7H,3H2,1-2H3,(H,15,16). The number of nitrogens with zero attached hydrogens (tertiary/aromatic N) is 1. The molecule has 0 aliphatic rings. The Kier molecular flexibility index (Phi) is 3.67. The number of benzene rings is 1. The molecule has 0 saturated heterocycles. The van der Waals surface area contributed by atoms with Crippen molar-refractivity contribution in [1.82, 2.24) is 10.2 Å². The van der Waals surface area contributed by atoms with Gasteiger partial charge in [0.1, 0.15) is 0 Å². The molecule has 1 heterocycles. The number of halogens is 1. The monoisotopic (exact) mass is 264 g/mol. The summed E-state index contributed by atoms with van der Waals surface area (Å²) in [5, 5.41) is 7.52. The highest BCUT2D eigenvalue weighted by Crippen LogP contribution is 2.24. The Hall–Kier alpha value is -1.81. The zero-order valence-electron chi connectivity index (χ0n) is 10.2. The minimum absolute atomic E-state index is 0.321. The highest BCUT2D eigenvalue weighted by Gasteiger charge is 2.17. The van der Waals surface area contributed by atoms with Crippen LogP contribution in [0.4, 0.5) is 0 Å². The van der Waals surface area contributed by atoms with Crippen LogP contribution in [-0.4, -0.2) is 22.8 Å². The van der Waals surface area contributed by atoms with E-state index in [2.05, 4.69) is 10.2 Å². The summed E-state index contributed by atoms with van der Waals surface area (Å²) >= 11 is 5.84. The Labute approximate surface area is 110 Å². The number of aromatic amines is 1. The molecule has 1 aromatic carbocycles. The number of aromatic nitrogens is 2. The normalized spacial score (nSPS) is 10.4. The molecule has 5 heteroatoms. The molecule has 2 aromatic rings. The van der Waals surface area contributed by atoms with Crippen LogP contribution in [0.25, 0.3) is 11.3 Å². The highest BCUT2D eigenvalue weighted by atomic mass is 35.5. The summed E-state index contributed by atoms with van der Waals surface area (Å²) in [6.45, 7) is 3.93. The van der Waals surface area contributed by atoms with Gasteiger partial charge in [0.05, 0.1) is 12.3 Å². The Morgan fingerprint density at radius 2 is 2.06 bits per heavy atom. The van der Waals surface area contributed by atoms with Gasteiger partial charge in [-0.25, -0.2) is 4.79 Å². The van der Waals surface area contributed by atoms with Crippen molar-refractivity contribution in [2.24, 2.45) is 0 Å². The van der Waals surface area contributed by atoms with E-state index in [9.17, 15) is 4.79 Å². The lowest BCUT2D eigenvalue weighted by Crippen LogP contribution is -2.06. The van der Waals surface area contributed by atoms with Gasteiger partial charge in [0.25, 0.3) is 0 Å². The first-order valence-corrected chi connectivity index (χ1v) is 5.99. The van der Waals surface area contributed by atoms with Crippen LogP contribution in [0, 0.1) is 6.92 Å². The lowest BCUT2D eigenvalue weighted by Gasteiger charge is -2.01.